The summed E-state index contributed by atoms with van der Waals surface area (Å²) in [6, 6.07) is 7.16. The predicted octanol–water partition coefficient (Wildman–Crippen LogP) is 6.25. The maximum atomic E-state index is 13.4. The fourth-order valence-corrected chi connectivity index (χ4v) is 5.56. The van der Waals surface area contributed by atoms with Crippen LogP contribution in [0.4, 0.5) is 10.5 Å². The Hall–Kier alpha value is -2.52. The van der Waals surface area contributed by atoms with E-state index in [4.69, 9.17) is 14.6 Å². The standard InChI is InChI=1S/C30H48N4O4S/c1-21-26(22(2)34(33-21)20-37-18-19-39(6,7)8)23-14-16-25(17-15-23)31-28(35)27(24-12-10-9-11-13-24)32-29(36)38-30(3,4)5/h14-17,24,27H,9-13,18-20H2,1-8H3,(H,31,35)(H,32,36). The van der Waals surface area contributed by atoms with E-state index in [1.807, 2.05) is 56.6 Å². The molecule has 218 valence electrons. The van der Waals surface area contributed by atoms with Crippen LogP contribution in [0.3, 0.4) is 0 Å². The van der Waals surface area contributed by atoms with Crippen LogP contribution in [0.25, 0.3) is 11.1 Å². The van der Waals surface area contributed by atoms with Crippen LogP contribution in [-0.4, -0.2) is 64.6 Å². The van der Waals surface area contributed by atoms with E-state index in [-0.39, 0.29) is 11.8 Å². The molecule has 0 radical (unpaired) electrons. The van der Waals surface area contributed by atoms with Crippen LogP contribution in [0.15, 0.2) is 24.3 Å². The molecular weight excluding hydrogens is 512 g/mol. The van der Waals surface area contributed by atoms with Crippen molar-refractivity contribution in [1.82, 2.24) is 15.1 Å². The highest BCUT2D eigenvalue weighted by Crippen LogP contribution is 2.34. The van der Waals surface area contributed by atoms with Crippen LogP contribution in [-0.2, 0) is 21.0 Å². The molecule has 2 amide bonds. The lowest BCUT2D eigenvalue weighted by Gasteiger charge is -2.31. The number of aromatic nitrogens is 2. The minimum atomic E-state index is -0.637. The fourth-order valence-electron chi connectivity index (χ4n) is 4.94. The van der Waals surface area contributed by atoms with Crippen LogP contribution in [0.1, 0.15) is 64.3 Å². The molecule has 9 heteroatoms. The van der Waals surface area contributed by atoms with Gasteiger partial charge >= 0.3 is 6.09 Å². The van der Waals surface area contributed by atoms with Gasteiger partial charge in [-0.3, -0.25) is 4.79 Å². The molecule has 1 aliphatic carbocycles. The Morgan fingerprint density at radius 2 is 1.72 bits per heavy atom. The zero-order chi connectivity index (χ0) is 28.8. The van der Waals surface area contributed by atoms with Gasteiger partial charge in [-0.05, 0) is 89.8 Å². The van der Waals surface area contributed by atoms with Crippen LogP contribution in [0.5, 0.6) is 0 Å². The van der Waals surface area contributed by atoms with E-state index in [1.54, 1.807) is 0 Å². The van der Waals surface area contributed by atoms with Crippen molar-refractivity contribution in [3.63, 3.8) is 0 Å². The molecule has 1 aromatic heterocycles. The number of anilines is 1. The van der Waals surface area contributed by atoms with Gasteiger partial charge in [-0.15, -0.1) is 0 Å². The zero-order valence-electron chi connectivity index (χ0n) is 25.1. The average molecular weight is 561 g/mol. The van der Waals surface area contributed by atoms with E-state index in [0.29, 0.717) is 12.4 Å². The number of amides is 2. The molecule has 0 spiro atoms. The lowest BCUT2D eigenvalue weighted by atomic mass is 9.83. The quantitative estimate of drug-likeness (QED) is 0.335. The van der Waals surface area contributed by atoms with Crippen molar-refractivity contribution < 1.29 is 19.1 Å². The Labute approximate surface area is 235 Å². The van der Waals surface area contributed by atoms with E-state index in [9.17, 15) is 9.59 Å². The number of hydrogen-bond acceptors (Lipinski definition) is 5. The molecule has 39 heavy (non-hydrogen) atoms. The molecule has 3 rings (SSSR count). The number of benzene rings is 1. The van der Waals surface area contributed by atoms with Gasteiger partial charge in [0.2, 0.25) is 5.91 Å². The highest BCUT2D eigenvalue weighted by atomic mass is 32.3. The maximum absolute atomic E-state index is 13.4. The molecule has 1 unspecified atom stereocenters. The van der Waals surface area contributed by atoms with Crippen LogP contribution in [0, 0.1) is 19.8 Å². The Morgan fingerprint density at radius 3 is 2.31 bits per heavy atom. The molecule has 0 aliphatic heterocycles. The maximum Gasteiger partial charge on any atom is 0.408 e. The largest absolute Gasteiger partial charge is 0.444 e. The van der Waals surface area contributed by atoms with Gasteiger partial charge in [0.05, 0.1) is 12.3 Å². The molecule has 0 bridgehead atoms. The molecule has 0 saturated heterocycles. The van der Waals surface area contributed by atoms with Gasteiger partial charge in [-0.2, -0.15) is 5.10 Å². The van der Waals surface area contributed by atoms with Crippen molar-refractivity contribution in [2.24, 2.45) is 5.92 Å². The predicted molar refractivity (Wildman–Crippen MR) is 162 cm³/mol. The fraction of sp³-hybridized carbons (Fsp3) is 0.633. The first-order valence-corrected chi connectivity index (χ1v) is 16.9. The van der Waals surface area contributed by atoms with E-state index >= 15 is 0 Å². The summed E-state index contributed by atoms with van der Waals surface area (Å²) in [5.41, 5.74) is 4.15. The van der Waals surface area contributed by atoms with Crippen molar-refractivity contribution in [3.8, 4) is 11.1 Å². The smallest absolute Gasteiger partial charge is 0.408 e. The van der Waals surface area contributed by atoms with E-state index in [2.05, 4.69) is 36.3 Å². The molecule has 1 aromatic carbocycles. The third kappa shape index (κ3) is 9.57. The normalized spacial score (nSPS) is 16.0. The number of carbonyl (C=O) groups is 2. The van der Waals surface area contributed by atoms with Crippen LogP contribution < -0.4 is 10.6 Å². The van der Waals surface area contributed by atoms with Gasteiger partial charge in [0.1, 0.15) is 18.4 Å². The SMILES string of the molecule is Cc1nn(COCCS(C)(C)C)c(C)c1-c1ccc(NC(=O)C(NC(=O)OC(C)(C)C)C2CCCCC2)cc1. The summed E-state index contributed by atoms with van der Waals surface area (Å²) in [5.74, 6) is 0.949. The van der Waals surface area contributed by atoms with Crippen LogP contribution in [0.2, 0.25) is 0 Å². The molecule has 1 atom stereocenters. The monoisotopic (exact) mass is 560 g/mol. The van der Waals surface area contributed by atoms with Crippen LogP contribution >= 0.6 is 10.0 Å². The molecule has 2 N–H and O–H groups in total. The van der Waals surface area contributed by atoms with E-state index in [0.717, 1.165) is 67.0 Å². The van der Waals surface area contributed by atoms with Gasteiger partial charge in [0, 0.05) is 22.7 Å². The Balaban J connectivity index is 1.68. The molecule has 2 aromatic rings. The highest BCUT2D eigenvalue weighted by Gasteiger charge is 2.32. The van der Waals surface area contributed by atoms with Crippen molar-refractivity contribution in [2.75, 3.05) is 36.4 Å². The third-order valence-electron chi connectivity index (χ3n) is 6.95. The number of nitrogens with one attached hydrogen (secondary N) is 2. The second-order valence-electron chi connectivity index (χ2n) is 12.5. The molecule has 1 saturated carbocycles. The molecule has 1 aliphatic rings. The van der Waals surface area contributed by atoms with Crippen molar-refractivity contribution in [1.29, 1.82) is 0 Å². The molecule has 1 heterocycles. The Bertz CT molecular complexity index is 1110. The Morgan fingerprint density at radius 1 is 1.08 bits per heavy atom. The number of nitrogens with zero attached hydrogens (tertiary/aromatic N) is 2. The molecular formula is C30H48N4O4S. The van der Waals surface area contributed by atoms with E-state index < -0.39 is 27.8 Å². The summed E-state index contributed by atoms with van der Waals surface area (Å²) in [6.07, 6.45) is 11.4. The number of aryl methyl sites for hydroxylation is 1. The number of ether oxygens (including phenoxy) is 2. The highest BCUT2D eigenvalue weighted by molar-refractivity contribution is 8.32. The summed E-state index contributed by atoms with van der Waals surface area (Å²) < 4.78 is 13.3. The summed E-state index contributed by atoms with van der Waals surface area (Å²) in [5, 5.41) is 10.6. The second-order valence-corrected chi connectivity index (χ2v) is 17.1. The van der Waals surface area contributed by atoms with Gasteiger partial charge in [0.15, 0.2) is 0 Å². The molecule has 1 fully saturated rings. The van der Waals surface area contributed by atoms with Gasteiger partial charge in [-0.25, -0.2) is 19.5 Å². The number of carbonyl (C=O) groups excluding carboxylic acids is 2. The van der Waals surface area contributed by atoms with E-state index in [1.165, 1.54) is 0 Å². The first-order valence-electron chi connectivity index (χ1n) is 13.9. The minimum Gasteiger partial charge on any atom is -0.444 e. The third-order valence-corrected chi connectivity index (χ3v) is 8.34. The second kappa shape index (κ2) is 13.2. The number of rotatable bonds is 10. The van der Waals surface area contributed by atoms with Gasteiger partial charge in [-0.1, -0.05) is 31.4 Å². The number of alkyl carbamates (subject to hydrolysis) is 1. The average Bonchev–Trinajstić information content (AvgIpc) is 3.12. The lowest BCUT2D eigenvalue weighted by molar-refractivity contribution is -0.119. The van der Waals surface area contributed by atoms with Crippen molar-refractivity contribution in [3.05, 3.63) is 35.7 Å². The number of hydrogen-bond donors (Lipinski definition) is 2. The first kappa shape index (κ1) is 31.0. The topological polar surface area (TPSA) is 94.5 Å². The minimum absolute atomic E-state index is 0.0914. The summed E-state index contributed by atoms with van der Waals surface area (Å²) in [6.45, 7) is 10.7. The van der Waals surface area contributed by atoms with Crippen molar-refractivity contribution >= 4 is 27.7 Å². The molecule has 8 nitrogen and oxygen atoms in total. The zero-order valence-corrected chi connectivity index (χ0v) is 25.9. The Kier molecular flexibility index (Phi) is 10.5. The first-order chi connectivity index (χ1) is 18.2. The lowest BCUT2D eigenvalue weighted by Crippen LogP contribution is -2.50. The summed E-state index contributed by atoms with van der Waals surface area (Å²) in [7, 11) is -0.585. The van der Waals surface area contributed by atoms with Gasteiger partial charge < -0.3 is 20.1 Å². The summed E-state index contributed by atoms with van der Waals surface area (Å²) >= 11 is 0. The van der Waals surface area contributed by atoms with Gasteiger partial charge in [0.25, 0.3) is 0 Å². The summed E-state index contributed by atoms with van der Waals surface area (Å²) in [4.78, 5) is 25.9. The van der Waals surface area contributed by atoms with Crippen molar-refractivity contribution in [2.45, 2.75) is 85.1 Å².